The average molecular weight is 464 g/mol. The molecular weight excluding hydrogens is 434 g/mol. The highest BCUT2D eigenvalue weighted by Crippen LogP contribution is 2.38. The number of carbonyl (C=O) groups is 2. The standard InChI is InChI=1S/C26H29N3O3S/c1-15-25(31)29(14-23(30)28-20-10-8-19(9-11-20)26(4,5)6)21-13-18(7-12-22(21)32-15)24-16(2)33-17(3)27-24/h7-13,15H,14H2,1-6H3,(H,28,30). The zero-order chi connectivity index (χ0) is 23.9. The number of amides is 2. The Morgan fingerprint density at radius 3 is 2.45 bits per heavy atom. The molecule has 0 radical (unpaired) electrons. The summed E-state index contributed by atoms with van der Waals surface area (Å²) in [5.74, 6) is 0.0693. The number of rotatable bonds is 4. The summed E-state index contributed by atoms with van der Waals surface area (Å²) in [6, 6.07) is 13.5. The molecule has 2 aromatic carbocycles. The molecule has 0 fully saturated rings. The molecule has 0 saturated carbocycles. The first-order chi connectivity index (χ1) is 15.5. The van der Waals surface area contributed by atoms with Crippen molar-refractivity contribution >= 4 is 34.5 Å². The van der Waals surface area contributed by atoms with E-state index in [0.717, 1.165) is 21.1 Å². The average Bonchev–Trinajstić information content (AvgIpc) is 3.09. The summed E-state index contributed by atoms with van der Waals surface area (Å²) in [5, 5.41) is 3.89. The Morgan fingerprint density at radius 2 is 1.85 bits per heavy atom. The number of aromatic nitrogens is 1. The van der Waals surface area contributed by atoms with E-state index in [4.69, 9.17) is 4.74 Å². The molecule has 1 aliphatic rings. The lowest BCUT2D eigenvalue weighted by Gasteiger charge is -2.33. The summed E-state index contributed by atoms with van der Waals surface area (Å²) in [6.07, 6.45) is -0.662. The van der Waals surface area contributed by atoms with Gasteiger partial charge in [-0.2, -0.15) is 0 Å². The SMILES string of the molecule is Cc1nc(-c2ccc3c(c2)N(CC(=O)Nc2ccc(C(C)(C)C)cc2)C(=O)C(C)O3)c(C)s1. The molecule has 1 unspecified atom stereocenters. The highest BCUT2D eigenvalue weighted by atomic mass is 32.1. The number of hydrogen-bond acceptors (Lipinski definition) is 5. The van der Waals surface area contributed by atoms with Crippen LogP contribution in [0.15, 0.2) is 42.5 Å². The van der Waals surface area contributed by atoms with Crippen LogP contribution in [-0.2, 0) is 15.0 Å². The van der Waals surface area contributed by atoms with E-state index in [9.17, 15) is 9.59 Å². The van der Waals surface area contributed by atoms with Crippen LogP contribution in [0.2, 0.25) is 0 Å². The van der Waals surface area contributed by atoms with E-state index in [0.29, 0.717) is 17.1 Å². The quantitative estimate of drug-likeness (QED) is 0.556. The molecule has 0 saturated heterocycles. The van der Waals surface area contributed by atoms with Crippen molar-refractivity contribution in [2.75, 3.05) is 16.8 Å². The summed E-state index contributed by atoms with van der Waals surface area (Å²) in [6.45, 7) is 12.0. The van der Waals surface area contributed by atoms with Crippen LogP contribution in [0.3, 0.4) is 0 Å². The number of anilines is 2. The van der Waals surface area contributed by atoms with Gasteiger partial charge in [0.15, 0.2) is 6.10 Å². The van der Waals surface area contributed by atoms with E-state index in [1.165, 1.54) is 10.5 Å². The zero-order valence-electron chi connectivity index (χ0n) is 19.9. The van der Waals surface area contributed by atoms with Crippen LogP contribution in [0.4, 0.5) is 11.4 Å². The lowest BCUT2D eigenvalue weighted by molar-refractivity contribution is -0.127. The normalized spacial score (nSPS) is 15.8. The summed E-state index contributed by atoms with van der Waals surface area (Å²) >= 11 is 1.63. The van der Waals surface area contributed by atoms with Gasteiger partial charge in [-0.15, -0.1) is 11.3 Å². The number of nitrogens with one attached hydrogen (secondary N) is 1. The van der Waals surface area contributed by atoms with E-state index in [1.54, 1.807) is 18.3 Å². The van der Waals surface area contributed by atoms with Gasteiger partial charge in [0.1, 0.15) is 12.3 Å². The minimum absolute atomic E-state index is 0.0362. The Labute approximate surface area is 198 Å². The molecule has 7 heteroatoms. The van der Waals surface area contributed by atoms with Gasteiger partial charge in [-0.1, -0.05) is 32.9 Å². The fraction of sp³-hybridized carbons (Fsp3) is 0.346. The molecule has 2 amide bonds. The number of aryl methyl sites for hydroxylation is 2. The Kier molecular flexibility index (Phi) is 6.01. The van der Waals surface area contributed by atoms with Gasteiger partial charge in [0.2, 0.25) is 5.91 Å². The number of thiazole rings is 1. The van der Waals surface area contributed by atoms with E-state index in [1.807, 2.05) is 56.3 Å². The van der Waals surface area contributed by atoms with Crippen molar-refractivity contribution in [2.24, 2.45) is 0 Å². The van der Waals surface area contributed by atoms with Crippen molar-refractivity contribution in [3.8, 4) is 17.0 Å². The number of hydrogen-bond donors (Lipinski definition) is 1. The van der Waals surface area contributed by atoms with Crippen LogP contribution >= 0.6 is 11.3 Å². The molecule has 1 N–H and O–H groups in total. The molecule has 33 heavy (non-hydrogen) atoms. The summed E-state index contributed by atoms with van der Waals surface area (Å²) in [4.78, 5) is 33.1. The number of fused-ring (bicyclic) bond motifs is 1. The first kappa shape index (κ1) is 23.0. The number of carbonyl (C=O) groups excluding carboxylic acids is 2. The fourth-order valence-electron chi connectivity index (χ4n) is 3.91. The second kappa shape index (κ2) is 8.63. The van der Waals surface area contributed by atoms with E-state index in [2.05, 4.69) is 31.1 Å². The maximum Gasteiger partial charge on any atom is 0.268 e. The Bertz CT molecular complexity index is 1210. The lowest BCUT2D eigenvalue weighted by atomic mass is 9.87. The summed E-state index contributed by atoms with van der Waals surface area (Å²) < 4.78 is 5.80. The van der Waals surface area contributed by atoms with Gasteiger partial charge >= 0.3 is 0 Å². The van der Waals surface area contributed by atoms with Crippen molar-refractivity contribution < 1.29 is 14.3 Å². The molecule has 0 spiro atoms. The van der Waals surface area contributed by atoms with Crippen LogP contribution in [0.5, 0.6) is 5.75 Å². The van der Waals surface area contributed by atoms with Gasteiger partial charge in [0.25, 0.3) is 5.91 Å². The van der Waals surface area contributed by atoms with Crippen LogP contribution in [0.1, 0.15) is 43.1 Å². The summed E-state index contributed by atoms with van der Waals surface area (Å²) in [5.41, 5.74) is 4.28. The highest BCUT2D eigenvalue weighted by Gasteiger charge is 2.33. The minimum Gasteiger partial charge on any atom is -0.479 e. The number of ether oxygens (including phenoxy) is 1. The predicted molar refractivity (Wildman–Crippen MR) is 133 cm³/mol. The molecule has 2 heterocycles. The van der Waals surface area contributed by atoms with Crippen LogP contribution < -0.4 is 15.0 Å². The first-order valence-corrected chi connectivity index (χ1v) is 11.8. The van der Waals surface area contributed by atoms with Gasteiger partial charge < -0.3 is 10.1 Å². The topological polar surface area (TPSA) is 71.5 Å². The predicted octanol–water partition coefficient (Wildman–Crippen LogP) is 5.48. The molecule has 0 bridgehead atoms. The smallest absolute Gasteiger partial charge is 0.268 e. The molecule has 172 valence electrons. The maximum atomic E-state index is 13.0. The monoisotopic (exact) mass is 463 g/mol. The Hall–Kier alpha value is -3.19. The van der Waals surface area contributed by atoms with E-state index in [-0.39, 0.29) is 23.8 Å². The van der Waals surface area contributed by atoms with Crippen molar-refractivity contribution in [3.05, 3.63) is 57.9 Å². The van der Waals surface area contributed by atoms with Gasteiger partial charge in [-0.3, -0.25) is 14.5 Å². The fourth-order valence-corrected chi connectivity index (χ4v) is 4.75. The lowest BCUT2D eigenvalue weighted by Crippen LogP contribution is -2.47. The second-order valence-electron chi connectivity index (χ2n) is 9.38. The van der Waals surface area contributed by atoms with Gasteiger partial charge in [-0.25, -0.2) is 4.98 Å². The highest BCUT2D eigenvalue weighted by molar-refractivity contribution is 7.11. The van der Waals surface area contributed by atoms with Crippen LogP contribution in [0, 0.1) is 13.8 Å². The molecule has 1 aliphatic heterocycles. The maximum absolute atomic E-state index is 13.0. The Balaban J connectivity index is 1.58. The molecular formula is C26H29N3O3S. The van der Waals surface area contributed by atoms with Crippen molar-refractivity contribution in [1.82, 2.24) is 4.98 Å². The summed E-state index contributed by atoms with van der Waals surface area (Å²) in [7, 11) is 0. The number of benzene rings is 2. The van der Waals surface area contributed by atoms with Crippen molar-refractivity contribution in [2.45, 2.75) is 53.1 Å². The van der Waals surface area contributed by atoms with Crippen LogP contribution in [0.25, 0.3) is 11.3 Å². The third kappa shape index (κ3) is 4.78. The third-order valence-electron chi connectivity index (χ3n) is 5.68. The van der Waals surface area contributed by atoms with Crippen LogP contribution in [-0.4, -0.2) is 29.4 Å². The van der Waals surface area contributed by atoms with Crippen molar-refractivity contribution in [1.29, 1.82) is 0 Å². The van der Waals surface area contributed by atoms with Gasteiger partial charge in [-0.05, 0) is 62.1 Å². The minimum atomic E-state index is -0.662. The van der Waals surface area contributed by atoms with Gasteiger partial charge in [0, 0.05) is 16.1 Å². The van der Waals surface area contributed by atoms with E-state index < -0.39 is 6.10 Å². The molecule has 6 nitrogen and oxygen atoms in total. The Morgan fingerprint density at radius 1 is 1.15 bits per heavy atom. The molecule has 0 aliphatic carbocycles. The second-order valence-corrected chi connectivity index (χ2v) is 10.8. The van der Waals surface area contributed by atoms with Crippen molar-refractivity contribution in [3.63, 3.8) is 0 Å². The first-order valence-electron chi connectivity index (χ1n) is 11.0. The van der Waals surface area contributed by atoms with E-state index >= 15 is 0 Å². The zero-order valence-corrected chi connectivity index (χ0v) is 20.7. The van der Waals surface area contributed by atoms with Gasteiger partial charge in [0.05, 0.1) is 16.4 Å². The molecule has 3 aromatic rings. The molecule has 1 atom stereocenters. The molecule has 4 rings (SSSR count). The number of nitrogens with zero attached hydrogens (tertiary/aromatic N) is 2. The third-order valence-corrected chi connectivity index (χ3v) is 6.57. The molecule has 1 aromatic heterocycles. The largest absolute Gasteiger partial charge is 0.479 e.